The second-order valence-electron chi connectivity index (χ2n) is 6.77. The van der Waals surface area contributed by atoms with E-state index in [0.717, 1.165) is 35.9 Å². The lowest BCUT2D eigenvalue weighted by molar-refractivity contribution is 0.0746. The van der Waals surface area contributed by atoms with Gasteiger partial charge in [-0.15, -0.1) is 10.2 Å². The summed E-state index contributed by atoms with van der Waals surface area (Å²) in [5.74, 6) is 2.29. The van der Waals surface area contributed by atoms with Crippen LogP contribution in [0.2, 0.25) is 0 Å². The number of rotatable bonds is 4. The van der Waals surface area contributed by atoms with Crippen molar-refractivity contribution in [1.29, 1.82) is 0 Å². The first-order valence-corrected chi connectivity index (χ1v) is 9.32. The van der Waals surface area contributed by atoms with E-state index in [1.54, 1.807) is 6.20 Å². The van der Waals surface area contributed by atoms with Gasteiger partial charge in [-0.1, -0.05) is 18.2 Å². The van der Waals surface area contributed by atoms with Gasteiger partial charge in [0.15, 0.2) is 11.6 Å². The molecule has 7 nitrogen and oxygen atoms in total. The molecule has 1 fully saturated rings. The zero-order valence-corrected chi connectivity index (χ0v) is 15.7. The summed E-state index contributed by atoms with van der Waals surface area (Å²) in [6.45, 7) is 4.83. The maximum Gasteiger partial charge on any atom is 0.253 e. The van der Waals surface area contributed by atoms with Gasteiger partial charge in [-0.3, -0.25) is 4.79 Å². The molecule has 4 rings (SSSR count). The average Bonchev–Trinajstić information content (AvgIpc) is 2.75. The van der Waals surface area contributed by atoms with E-state index in [1.165, 1.54) is 0 Å². The number of hydrogen-bond acceptors (Lipinski definition) is 6. The number of amides is 1. The number of piperazine rings is 1. The fourth-order valence-electron chi connectivity index (χ4n) is 3.20. The van der Waals surface area contributed by atoms with Crippen molar-refractivity contribution in [2.24, 2.45) is 0 Å². The topological polar surface area (TPSA) is 74.2 Å². The van der Waals surface area contributed by atoms with Crippen molar-refractivity contribution >= 4 is 23.4 Å². The Bertz CT molecular complexity index is 937. The van der Waals surface area contributed by atoms with Gasteiger partial charge in [0.2, 0.25) is 0 Å². The molecule has 1 saturated heterocycles. The maximum atomic E-state index is 12.6. The molecule has 0 spiro atoms. The van der Waals surface area contributed by atoms with Crippen LogP contribution in [0.3, 0.4) is 0 Å². The van der Waals surface area contributed by atoms with Crippen molar-refractivity contribution in [2.75, 3.05) is 36.4 Å². The highest BCUT2D eigenvalue weighted by molar-refractivity contribution is 5.94. The molecule has 1 aliphatic heterocycles. The molecule has 28 heavy (non-hydrogen) atoms. The molecular weight excluding hydrogens is 352 g/mol. The molecule has 1 aromatic carbocycles. The number of nitrogens with one attached hydrogen (secondary N) is 1. The molecule has 1 amide bonds. The Hall–Kier alpha value is -3.48. The van der Waals surface area contributed by atoms with Gasteiger partial charge in [0.1, 0.15) is 5.82 Å². The summed E-state index contributed by atoms with van der Waals surface area (Å²) in [6.07, 6.45) is 1.76. The lowest BCUT2D eigenvalue weighted by Crippen LogP contribution is -2.49. The molecule has 0 atom stereocenters. The van der Waals surface area contributed by atoms with E-state index in [4.69, 9.17) is 0 Å². The third kappa shape index (κ3) is 4.09. The van der Waals surface area contributed by atoms with Crippen LogP contribution in [0.1, 0.15) is 15.9 Å². The van der Waals surface area contributed by atoms with Crippen LogP contribution < -0.4 is 10.2 Å². The van der Waals surface area contributed by atoms with E-state index in [9.17, 15) is 4.79 Å². The lowest BCUT2D eigenvalue weighted by atomic mass is 10.2. The number of carbonyl (C=O) groups is 1. The number of anilines is 3. The highest BCUT2D eigenvalue weighted by Crippen LogP contribution is 2.18. The van der Waals surface area contributed by atoms with Gasteiger partial charge in [0, 0.05) is 37.9 Å². The van der Waals surface area contributed by atoms with Gasteiger partial charge in [0.25, 0.3) is 5.91 Å². The maximum absolute atomic E-state index is 12.6. The molecule has 142 valence electrons. The minimum Gasteiger partial charge on any atom is -0.352 e. The van der Waals surface area contributed by atoms with Gasteiger partial charge >= 0.3 is 0 Å². The van der Waals surface area contributed by atoms with Crippen LogP contribution in [-0.2, 0) is 0 Å². The van der Waals surface area contributed by atoms with Crippen LogP contribution in [0.5, 0.6) is 0 Å². The third-order valence-electron chi connectivity index (χ3n) is 4.73. The number of pyridine rings is 1. The predicted molar refractivity (Wildman–Crippen MR) is 109 cm³/mol. The minimum atomic E-state index is 0.0801. The number of nitrogens with zero attached hydrogens (tertiary/aromatic N) is 5. The van der Waals surface area contributed by atoms with Crippen LogP contribution in [0, 0.1) is 6.92 Å². The second kappa shape index (κ2) is 8.04. The van der Waals surface area contributed by atoms with E-state index in [2.05, 4.69) is 25.4 Å². The van der Waals surface area contributed by atoms with E-state index in [1.807, 2.05) is 66.4 Å². The van der Waals surface area contributed by atoms with Crippen LogP contribution in [0.4, 0.5) is 17.5 Å². The summed E-state index contributed by atoms with van der Waals surface area (Å²) in [5.41, 5.74) is 1.86. The summed E-state index contributed by atoms with van der Waals surface area (Å²) >= 11 is 0. The molecule has 0 bridgehead atoms. The quantitative estimate of drug-likeness (QED) is 0.757. The van der Waals surface area contributed by atoms with Crippen molar-refractivity contribution in [2.45, 2.75) is 6.92 Å². The number of benzene rings is 1. The normalized spacial score (nSPS) is 14.0. The van der Waals surface area contributed by atoms with Gasteiger partial charge in [-0.05, 0) is 48.9 Å². The van der Waals surface area contributed by atoms with Gasteiger partial charge in [-0.2, -0.15) is 0 Å². The summed E-state index contributed by atoms with van der Waals surface area (Å²) < 4.78 is 0. The second-order valence-corrected chi connectivity index (χ2v) is 6.77. The third-order valence-corrected chi connectivity index (χ3v) is 4.73. The van der Waals surface area contributed by atoms with Crippen LogP contribution in [-0.4, -0.2) is 52.2 Å². The Balaban J connectivity index is 1.35. The molecular formula is C21H22N6O. The number of hydrogen-bond donors (Lipinski definition) is 1. The fraction of sp³-hybridized carbons (Fsp3) is 0.238. The monoisotopic (exact) mass is 374 g/mol. The summed E-state index contributed by atoms with van der Waals surface area (Å²) in [7, 11) is 0. The molecule has 0 aliphatic carbocycles. The van der Waals surface area contributed by atoms with Crippen molar-refractivity contribution in [3.8, 4) is 0 Å². The van der Waals surface area contributed by atoms with Crippen LogP contribution in [0.15, 0.2) is 60.8 Å². The Morgan fingerprint density at radius 3 is 2.39 bits per heavy atom. The molecule has 0 radical (unpaired) electrons. The van der Waals surface area contributed by atoms with Gasteiger partial charge in [0.05, 0.1) is 0 Å². The number of carbonyl (C=O) groups excluding carboxylic acids is 1. The van der Waals surface area contributed by atoms with Crippen molar-refractivity contribution in [3.63, 3.8) is 0 Å². The first-order valence-electron chi connectivity index (χ1n) is 9.32. The average molecular weight is 374 g/mol. The minimum absolute atomic E-state index is 0.0801. The lowest BCUT2D eigenvalue weighted by Gasteiger charge is -2.35. The summed E-state index contributed by atoms with van der Waals surface area (Å²) in [4.78, 5) is 20.9. The zero-order chi connectivity index (χ0) is 19.3. The van der Waals surface area contributed by atoms with Gasteiger partial charge < -0.3 is 15.1 Å². The summed E-state index contributed by atoms with van der Waals surface area (Å²) in [5, 5.41) is 11.7. The largest absolute Gasteiger partial charge is 0.352 e. The Morgan fingerprint density at radius 1 is 0.929 bits per heavy atom. The first kappa shape index (κ1) is 17.9. The zero-order valence-electron chi connectivity index (χ0n) is 15.7. The van der Waals surface area contributed by atoms with Crippen LogP contribution in [0.25, 0.3) is 0 Å². The van der Waals surface area contributed by atoms with E-state index >= 15 is 0 Å². The fourth-order valence-corrected chi connectivity index (χ4v) is 3.20. The molecule has 1 aliphatic rings. The molecule has 7 heteroatoms. The highest BCUT2D eigenvalue weighted by atomic mass is 16.2. The molecule has 0 unspecified atom stereocenters. The Morgan fingerprint density at radius 2 is 1.71 bits per heavy atom. The van der Waals surface area contributed by atoms with Crippen molar-refractivity contribution < 1.29 is 4.79 Å². The Labute approximate surface area is 164 Å². The number of aromatic nitrogens is 3. The van der Waals surface area contributed by atoms with E-state index in [-0.39, 0.29) is 5.91 Å². The highest BCUT2D eigenvalue weighted by Gasteiger charge is 2.22. The van der Waals surface area contributed by atoms with E-state index < -0.39 is 0 Å². The molecule has 3 heterocycles. The van der Waals surface area contributed by atoms with Gasteiger partial charge in [-0.25, -0.2) is 4.98 Å². The van der Waals surface area contributed by atoms with Crippen molar-refractivity contribution in [1.82, 2.24) is 20.1 Å². The standard InChI is InChI=1S/C21H22N6O/c1-16-9-10-22-19(15-16)23-18-7-8-20(25-24-18)26-11-13-27(14-12-26)21(28)17-5-3-2-4-6-17/h2-10,15H,11-14H2,1H3,(H,22,23,24). The summed E-state index contributed by atoms with van der Waals surface area (Å²) in [6, 6.07) is 17.2. The smallest absolute Gasteiger partial charge is 0.253 e. The molecule has 0 saturated carbocycles. The van der Waals surface area contributed by atoms with Crippen molar-refractivity contribution in [3.05, 3.63) is 71.9 Å². The Kier molecular flexibility index (Phi) is 5.14. The predicted octanol–water partition coefficient (Wildman–Crippen LogP) is 2.89. The van der Waals surface area contributed by atoms with Crippen LogP contribution >= 0.6 is 0 Å². The molecule has 3 aromatic rings. The van der Waals surface area contributed by atoms with E-state index in [0.29, 0.717) is 18.9 Å². The SMILES string of the molecule is Cc1ccnc(Nc2ccc(N3CCN(C(=O)c4ccccc4)CC3)nn2)c1. The first-order chi connectivity index (χ1) is 13.7. The number of aryl methyl sites for hydroxylation is 1. The molecule has 1 N–H and O–H groups in total. The molecule has 2 aromatic heterocycles.